The minimum atomic E-state index is -0.204. The van der Waals surface area contributed by atoms with Crippen LogP contribution < -0.4 is 10.6 Å². The number of aromatic nitrogens is 2. The van der Waals surface area contributed by atoms with Gasteiger partial charge < -0.3 is 10.6 Å². The molecule has 1 heterocycles. The van der Waals surface area contributed by atoms with Crippen molar-refractivity contribution in [1.29, 1.82) is 0 Å². The van der Waals surface area contributed by atoms with E-state index < -0.39 is 0 Å². The number of benzene rings is 1. The van der Waals surface area contributed by atoms with Crippen molar-refractivity contribution in [3.63, 3.8) is 0 Å². The van der Waals surface area contributed by atoms with Gasteiger partial charge in [-0.3, -0.25) is 9.78 Å². The lowest BCUT2D eigenvalue weighted by molar-refractivity contribution is 0.0955. The molecule has 104 valence electrons. The summed E-state index contributed by atoms with van der Waals surface area (Å²) in [7, 11) is 0. The van der Waals surface area contributed by atoms with E-state index >= 15 is 0 Å². The third kappa shape index (κ3) is 4.08. The van der Waals surface area contributed by atoms with Crippen LogP contribution in [0.4, 0.5) is 5.82 Å². The van der Waals surface area contributed by atoms with Crippen molar-refractivity contribution in [3.05, 3.63) is 52.4 Å². The second-order valence-corrected chi connectivity index (χ2v) is 4.72. The highest BCUT2D eigenvalue weighted by molar-refractivity contribution is 6.42. The van der Waals surface area contributed by atoms with Crippen LogP contribution >= 0.6 is 23.2 Å². The molecular formula is C13H12Cl2N4O. The molecule has 0 saturated heterocycles. The Balaban J connectivity index is 1.79. The van der Waals surface area contributed by atoms with Gasteiger partial charge in [-0.2, -0.15) is 0 Å². The summed E-state index contributed by atoms with van der Waals surface area (Å²) in [5, 5.41) is 6.58. The van der Waals surface area contributed by atoms with Crippen molar-refractivity contribution in [3.8, 4) is 0 Å². The zero-order valence-corrected chi connectivity index (χ0v) is 11.9. The van der Waals surface area contributed by atoms with Gasteiger partial charge in [-0.15, -0.1) is 0 Å². The van der Waals surface area contributed by atoms with E-state index in [1.54, 1.807) is 30.7 Å². The van der Waals surface area contributed by atoms with Crippen LogP contribution in [0.5, 0.6) is 0 Å². The van der Waals surface area contributed by atoms with E-state index in [1.807, 2.05) is 0 Å². The number of carbonyl (C=O) groups is 1. The van der Waals surface area contributed by atoms with Gasteiger partial charge in [0.25, 0.3) is 5.91 Å². The molecule has 1 aromatic heterocycles. The summed E-state index contributed by atoms with van der Waals surface area (Å²) >= 11 is 11.7. The predicted molar refractivity (Wildman–Crippen MR) is 79.3 cm³/mol. The van der Waals surface area contributed by atoms with Crippen LogP contribution in [0.2, 0.25) is 10.0 Å². The lowest BCUT2D eigenvalue weighted by Gasteiger charge is -2.07. The largest absolute Gasteiger partial charge is 0.367 e. The van der Waals surface area contributed by atoms with Gasteiger partial charge in [0.1, 0.15) is 5.82 Å². The van der Waals surface area contributed by atoms with E-state index in [0.717, 1.165) is 0 Å². The van der Waals surface area contributed by atoms with Crippen molar-refractivity contribution >= 4 is 34.9 Å². The number of hydrogen-bond acceptors (Lipinski definition) is 4. The number of anilines is 1. The number of rotatable bonds is 5. The van der Waals surface area contributed by atoms with Crippen molar-refractivity contribution < 1.29 is 4.79 Å². The van der Waals surface area contributed by atoms with Gasteiger partial charge in [0.15, 0.2) is 0 Å². The number of carbonyl (C=O) groups excluding carboxylic acids is 1. The standard InChI is InChI=1S/C13H12Cl2N4O/c14-10-2-1-9(7-11(10)15)13(20)19-6-5-18-12-8-16-3-4-17-12/h1-4,7-8H,5-6H2,(H,17,18)(H,19,20). The molecule has 20 heavy (non-hydrogen) atoms. The van der Waals surface area contributed by atoms with Crippen molar-refractivity contribution in [2.75, 3.05) is 18.4 Å². The molecular weight excluding hydrogens is 299 g/mol. The molecule has 0 bridgehead atoms. The zero-order chi connectivity index (χ0) is 14.4. The molecule has 0 unspecified atom stereocenters. The molecule has 7 heteroatoms. The van der Waals surface area contributed by atoms with Crippen LogP contribution in [0.25, 0.3) is 0 Å². The summed E-state index contributed by atoms with van der Waals surface area (Å²) in [5.74, 6) is 0.459. The van der Waals surface area contributed by atoms with E-state index in [9.17, 15) is 4.79 Å². The van der Waals surface area contributed by atoms with Crippen LogP contribution in [0.3, 0.4) is 0 Å². The summed E-state index contributed by atoms with van der Waals surface area (Å²) in [5.41, 5.74) is 0.471. The van der Waals surface area contributed by atoms with Gasteiger partial charge >= 0.3 is 0 Å². The summed E-state index contributed by atoms with van der Waals surface area (Å²) < 4.78 is 0. The van der Waals surface area contributed by atoms with Crippen molar-refractivity contribution in [1.82, 2.24) is 15.3 Å². The average Bonchev–Trinajstić information content (AvgIpc) is 2.47. The van der Waals surface area contributed by atoms with Crippen LogP contribution in [0, 0.1) is 0 Å². The Morgan fingerprint density at radius 1 is 1.15 bits per heavy atom. The maximum Gasteiger partial charge on any atom is 0.251 e. The molecule has 2 aromatic rings. The molecule has 0 spiro atoms. The Morgan fingerprint density at radius 3 is 2.70 bits per heavy atom. The number of halogens is 2. The molecule has 0 fully saturated rings. The molecule has 5 nitrogen and oxygen atoms in total. The Labute approximate surface area is 126 Å². The minimum Gasteiger partial charge on any atom is -0.367 e. The molecule has 0 aliphatic rings. The number of amides is 1. The van der Waals surface area contributed by atoms with E-state index in [0.29, 0.717) is 34.5 Å². The van der Waals surface area contributed by atoms with E-state index in [2.05, 4.69) is 20.6 Å². The quantitative estimate of drug-likeness (QED) is 0.833. The van der Waals surface area contributed by atoms with E-state index in [1.165, 1.54) is 6.07 Å². The first kappa shape index (κ1) is 14.6. The Kier molecular flexibility index (Phi) is 5.15. The highest BCUT2D eigenvalue weighted by atomic mass is 35.5. The van der Waals surface area contributed by atoms with Crippen molar-refractivity contribution in [2.24, 2.45) is 0 Å². The maximum absolute atomic E-state index is 11.9. The van der Waals surface area contributed by atoms with Gasteiger partial charge in [0.2, 0.25) is 0 Å². The fourth-order valence-corrected chi connectivity index (χ4v) is 1.79. The van der Waals surface area contributed by atoms with Gasteiger partial charge in [0.05, 0.1) is 16.2 Å². The summed E-state index contributed by atoms with van der Waals surface area (Å²) in [6.07, 6.45) is 4.80. The molecule has 0 saturated carbocycles. The first-order valence-corrected chi connectivity index (χ1v) is 6.65. The SMILES string of the molecule is O=C(NCCNc1cnccn1)c1ccc(Cl)c(Cl)c1. The van der Waals surface area contributed by atoms with Gasteiger partial charge in [0, 0.05) is 31.0 Å². The molecule has 2 N–H and O–H groups in total. The third-order valence-electron chi connectivity index (χ3n) is 2.46. The van der Waals surface area contributed by atoms with Crippen LogP contribution in [-0.4, -0.2) is 29.0 Å². The summed E-state index contributed by atoms with van der Waals surface area (Å²) in [6.45, 7) is 1.00. The fraction of sp³-hybridized carbons (Fsp3) is 0.154. The predicted octanol–water partition coefficient (Wildman–Crippen LogP) is 2.63. The van der Waals surface area contributed by atoms with E-state index in [-0.39, 0.29) is 5.91 Å². The summed E-state index contributed by atoms with van der Waals surface area (Å²) in [4.78, 5) is 19.8. The van der Waals surface area contributed by atoms with Crippen molar-refractivity contribution in [2.45, 2.75) is 0 Å². The monoisotopic (exact) mass is 310 g/mol. The lowest BCUT2D eigenvalue weighted by atomic mass is 10.2. The number of hydrogen-bond donors (Lipinski definition) is 2. The normalized spacial score (nSPS) is 10.1. The first-order valence-electron chi connectivity index (χ1n) is 5.90. The molecule has 1 amide bonds. The maximum atomic E-state index is 11.9. The topological polar surface area (TPSA) is 66.9 Å². The van der Waals surface area contributed by atoms with Crippen LogP contribution in [-0.2, 0) is 0 Å². The first-order chi connectivity index (χ1) is 9.66. The Morgan fingerprint density at radius 2 is 2.00 bits per heavy atom. The van der Waals surface area contributed by atoms with E-state index in [4.69, 9.17) is 23.2 Å². The Bertz CT molecular complexity index is 592. The van der Waals surface area contributed by atoms with Gasteiger partial charge in [-0.05, 0) is 18.2 Å². The smallest absolute Gasteiger partial charge is 0.251 e. The second kappa shape index (κ2) is 7.07. The van der Waals surface area contributed by atoms with Crippen LogP contribution in [0.1, 0.15) is 10.4 Å². The van der Waals surface area contributed by atoms with Gasteiger partial charge in [-0.1, -0.05) is 23.2 Å². The van der Waals surface area contributed by atoms with Crippen LogP contribution in [0.15, 0.2) is 36.8 Å². The number of nitrogens with one attached hydrogen (secondary N) is 2. The zero-order valence-electron chi connectivity index (χ0n) is 10.4. The van der Waals surface area contributed by atoms with Gasteiger partial charge in [-0.25, -0.2) is 4.98 Å². The second-order valence-electron chi connectivity index (χ2n) is 3.90. The summed E-state index contributed by atoms with van der Waals surface area (Å²) in [6, 6.07) is 4.76. The lowest BCUT2D eigenvalue weighted by Crippen LogP contribution is -2.28. The average molecular weight is 311 g/mol. The third-order valence-corrected chi connectivity index (χ3v) is 3.20. The molecule has 0 aliphatic heterocycles. The molecule has 0 radical (unpaired) electrons. The Hall–Kier alpha value is -1.85. The molecule has 0 aliphatic carbocycles. The number of nitrogens with zero attached hydrogens (tertiary/aromatic N) is 2. The highest BCUT2D eigenvalue weighted by Gasteiger charge is 2.07. The molecule has 0 atom stereocenters. The fourth-order valence-electron chi connectivity index (χ4n) is 1.50. The molecule has 2 rings (SSSR count). The minimum absolute atomic E-state index is 0.204. The highest BCUT2D eigenvalue weighted by Crippen LogP contribution is 2.22. The molecule has 1 aromatic carbocycles.